The molecule has 1 saturated heterocycles. The van der Waals surface area contributed by atoms with E-state index in [0.29, 0.717) is 12.2 Å². The van der Waals surface area contributed by atoms with Crippen molar-refractivity contribution in [2.24, 2.45) is 0 Å². The molecule has 1 heterocycles. The zero-order valence-corrected chi connectivity index (χ0v) is 11.3. The van der Waals surface area contributed by atoms with Crippen LogP contribution in [0.5, 0.6) is 0 Å². The highest BCUT2D eigenvalue weighted by atomic mass is 16.4. The van der Waals surface area contributed by atoms with Crippen LogP contribution in [0.1, 0.15) is 12.0 Å². The third kappa shape index (κ3) is 4.24. The maximum absolute atomic E-state index is 12.1. The third-order valence-corrected chi connectivity index (χ3v) is 3.19. The highest BCUT2D eigenvalue weighted by Crippen LogP contribution is 2.11. The summed E-state index contributed by atoms with van der Waals surface area (Å²) >= 11 is 0. The number of nitrogens with one attached hydrogen (secondary N) is 2. The van der Waals surface area contributed by atoms with Crippen LogP contribution in [-0.4, -0.2) is 48.2 Å². The van der Waals surface area contributed by atoms with Crippen LogP contribution in [0.2, 0.25) is 0 Å². The average Bonchev–Trinajstić information content (AvgIpc) is 2.69. The number of benzene rings is 1. The molecule has 0 aliphatic carbocycles. The molecular formula is C14H19N3O3. The van der Waals surface area contributed by atoms with E-state index in [4.69, 9.17) is 5.11 Å². The first-order valence-electron chi connectivity index (χ1n) is 6.72. The molecule has 6 nitrogen and oxygen atoms in total. The van der Waals surface area contributed by atoms with Gasteiger partial charge in [0.2, 0.25) is 0 Å². The van der Waals surface area contributed by atoms with E-state index in [0.717, 1.165) is 31.6 Å². The Morgan fingerprint density at radius 3 is 2.65 bits per heavy atom. The zero-order valence-electron chi connectivity index (χ0n) is 11.3. The van der Waals surface area contributed by atoms with E-state index in [1.54, 1.807) is 29.2 Å². The lowest BCUT2D eigenvalue weighted by atomic mass is 10.1. The molecule has 0 aromatic heterocycles. The van der Waals surface area contributed by atoms with Gasteiger partial charge in [-0.3, -0.25) is 4.79 Å². The Labute approximate surface area is 117 Å². The third-order valence-electron chi connectivity index (χ3n) is 3.19. The van der Waals surface area contributed by atoms with Crippen molar-refractivity contribution in [3.8, 4) is 0 Å². The fourth-order valence-electron chi connectivity index (χ4n) is 2.13. The fraction of sp³-hybridized carbons (Fsp3) is 0.429. The van der Waals surface area contributed by atoms with Gasteiger partial charge < -0.3 is 20.6 Å². The molecule has 0 atom stereocenters. The van der Waals surface area contributed by atoms with Crippen LogP contribution in [0.25, 0.3) is 0 Å². The maximum atomic E-state index is 12.1. The quantitative estimate of drug-likeness (QED) is 0.774. The fourth-order valence-corrected chi connectivity index (χ4v) is 2.13. The summed E-state index contributed by atoms with van der Waals surface area (Å²) < 4.78 is 0. The highest BCUT2D eigenvalue weighted by molar-refractivity contribution is 5.89. The normalized spacial score (nSPS) is 15.5. The summed E-state index contributed by atoms with van der Waals surface area (Å²) in [5.41, 5.74) is 1.40. The first-order chi connectivity index (χ1) is 9.65. The molecule has 2 amide bonds. The number of amides is 2. The Kier molecular flexibility index (Phi) is 4.95. The minimum Gasteiger partial charge on any atom is -0.481 e. The number of hydrogen-bond donors (Lipinski definition) is 3. The molecule has 0 radical (unpaired) electrons. The lowest BCUT2D eigenvalue weighted by molar-refractivity contribution is -0.136. The Bertz CT molecular complexity index is 465. The number of carbonyl (C=O) groups is 2. The van der Waals surface area contributed by atoms with Gasteiger partial charge in [-0.15, -0.1) is 0 Å². The Hall–Kier alpha value is -2.08. The molecule has 0 saturated carbocycles. The number of hydrogen-bond acceptors (Lipinski definition) is 3. The van der Waals surface area contributed by atoms with E-state index in [1.165, 1.54) is 0 Å². The number of rotatable bonds is 3. The van der Waals surface area contributed by atoms with Crippen molar-refractivity contribution in [2.45, 2.75) is 12.8 Å². The summed E-state index contributed by atoms with van der Waals surface area (Å²) in [4.78, 5) is 24.4. The molecule has 108 valence electrons. The van der Waals surface area contributed by atoms with Gasteiger partial charge >= 0.3 is 12.0 Å². The van der Waals surface area contributed by atoms with Crippen molar-refractivity contribution in [1.82, 2.24) is 10.2 Å². The van der Waals surface area contributed by atoms with Gasteiger partial charge in [-0.2, -0.15) is 0 Å². The predicted octanol–water partition coefficient (Wildman–Crippen LogP) is 1.14. The monoisotopic (exact) mass is 277 g/mol. The minimum atomic E-state index is -0.862. The molecule has 1 aliphatic heterocycles. The van der Waals surface area contributed by atoms with E-state index >= 15 is 0 Å². The second kappa shape index (κ2) is 6.91. The summed E-state index contributed by atoms with van der Waals surface area (Å²) in [6.07, 6.45) is 0.941. The molecule has 1 fully saturated rings. The number of carboxylic acid groups (broad SMARTS) is 1. The Balaban J connectivity index is 1.91. The van der Waals surface area contributed by atoms with Gasteiger partial charge in [-0.1, -0.05) is 12.1 Å². The Morgan fingerprint density at radius 2 is 1.95 bits per heavy atom. The largest absolute Gasteiger partial charge is 0.481 e. The number of carboxylic acids is 1. The maximum Gasteiger partial charge on any atom is 0.321 e. The van der Waals surface area contributed by atoms with Crippen molar-refractivity contribution < 1.29 is 14.7 Å². The van der Waals surface area contributed by atoms with Crippen LogP contribution in [-0.2, 0) is 11.2 Å². The van der Waals surface area contributed by atoms with Crippen LogP contribution < -0.4 is 10.6 Å². The van der Waals surface area contributed by atoms with Crippen molar-refractivity contribution in [3.05, 3.63) is 29.8 Å². The number of aliphatic carboxylic acids is 1. The van der Waals surface area contributed by atoms with Gasteiger partial charge in [0, 0.05) is 25.3 Å². The molecule has 1 aromatic carbocycles. The summed E-state index contributed by atoms with van der Waals surface area (Å²) in [6.45, 7) is 3.19. The van der Waals surface area contributed by atoms with Gasteiger partial charge in [-0.25, -0.2) is 4.79 Å². The topological polar surface area (TPSA) is 81.7 Å². The van der Waals surface area contributed by atoms with Gasteiger partial charge in [-0.05, 0) is 30.7 Å². The summed E-state index contributed by atoms with van der Waals surface area (Å²) in [6, 6.07) is 6.78. The number of urea groups is 1. The molecule has 1 aliphatic rings. The minimum absolute atomic E-state index is 0.00792. The number of nitrogens with zero attached hydrogens (tertiary/aromatic N) is 1. The van der Waals surface area contributed by atoms with E-state index < -0.39 is 5.97 Å². The van der Waals surface area contributed by atoms with E-state index in [2.05, 4.69) is 10.6 Å². The van der Waals surface area contributed by atoms with Crippen molar-refractivity contribution >= 4 is 17.7 Å². The Morgan fingerprint density at radius 1 is 1.20 bits per heavy atom. The van der Waals surface area contributed by atoms with Crippen LogP contribution in [0.3, 0.4) is 0 Å². The van der Waals surface area contributed by atoms with Crippen LogP contribution in [0.15, 0.2) is 24.3 Å². The van der Waals surface area contributed by atoms with Gasteiger partial charge in [0.25, 0.3) is 0 Å². The summed E-state index contributed by atoms with van der Waals surface area (Å²) in [7, 11) is 0. The van der Waals surface area contributed by atoms with E-state index in [-0.39, 0.29) is 12.5 Å². The predicted molar refractivity (Wildman–Crippen MR) is 75.9 cm³/mol. The zero-order chi connectivity index (χ0) is 14.4. The lowest BCUT2D eigenvalue weighted by Crippen LogP contribution is -2.37. The first kappa shape index (κ1) is 14.3. The second-order valence-electron chi connectivity index (χ2n) is 4.79. The number of carbonyl (C=O) groups excluding carboxylic acids is 1. The lowest BCUT2D eigenvalue weighted by Gasteiger charge is -2.20. The molecule has 0 spiro atoms. The van der Waals surface area contributed by atoms with Crippen molar-refractivity contribution in [2.75, 3.05) is 31.5 Å². The first-order valence-corrected chi connectivity index (χ1v) is 6.72. The molecule has 2 rings (SSSR count). The summed E-state index contributed by atoms with van der Waals surface area (Å²) in [5, 5.41) is 14.8. The molecule has 1 aromatic rings. The van der Waals surface area contributed by atoms with E-state index in [1.807, 2.05) is 0 Å². The molecular weight excluding hydrogens is 258 g/mol. The van der Waals surface area contributed by atoms with Crippen LogP contribution in [0.4, 0.5) is 10.5 Å². The average molecular weight is 277 g/mol. The molecule has 0 unspecified atom stereocenters. The molecule has 6 heteroatoms. The second-order valence-corrected chi connectivity index (χ2v) is 4.79. The standard InChI is InChI=1S/C14H19N3O3/c18-13(19)10-11-2-4-12(5-3-11)16-14(20)17-8-1-6-15-7-9-17/h2-5,15H,1,6-10H2,(H,16,20)(H,18,19). The SMILES string of the molecule is O=C(O)Cc1ccc(NC(=O)N2CCCNCC2)cc1. The molecule has 20 heavy (non-hydrogen) atoms. The molecule has 3 N–H and O–H groups in total. The summed E-state index contributed by atoms with van der Waals surface area (Å²) in [5.74, 6) is -0.862. The smallest absolute Gasteiger partial charge is 0.321 e. The van der Waals surface area contributed by atoms with Crippen LogP contribution in [0, 0.1) is 0 Å². The van der Waals surface area contributed by atoms with Crippen molar-refractivity contribution in [1.29, 1.82) is 0 Å². The van der Waals surface area contributed by atoms with Crippen molar-refractivity contribution in [3.63, 3.8) is 0 Å². The van der Waals surface area contributed by atoms with Gasteiger partial charge in [0.05, 0.1) is 6.42 Å². The number of anilines is 1. The van der Waals surface area contributed by atoms with Crippen LogP contribution >= 0.6 is 0 Å². The van der Waals surface area contributed by atoms with Gasteiger partial charge in [0.15, 0.2) is 0 Å². The molecule has 0 bridgehead atoms. The van der Waals surface area contributed by atoms with Gasteiger partial charge in [0.1, 0.15) is 0 Å². The van der Waals surface area contributed by atoms with E-state index in [9.17, 15) is 9.59 Å². The highest BCUT2D eigenvalue weighted by Gasteiger charge is 2.15.